The van der Waals surface area contributed by atoms with E-state index in [1.807, 2.05) is 19.2 Å². The Kier molecular flexibility index (Phi) is 3.91. The van der Waals surface area contributed by atoms with Crippen LogP contribution in [0.1, 0.15) is 44.2 Å². The molecule has 1 aromatic rings. The summed E-state index contributed by atoms with van der Waals surface area (Å²) in [5, 5.41) is 3.30. The number of benzene rings is 1. The van der Waals surface area contributed by atoms with Crippen LogP contribution < -0.4 is 10.1 Å². The number of hydrogen-bond acceptors (Lipinski definition) is 2. The molecule has 18 heavy (non-hydrogen) atoms. The zero-order valence-electron chi connectivity index (χ0n) is 11.4. The molecule has 0 aromatic heterocycles. The van der Waals surface area contributed by atoms with E-state index in [0.29, 0.717) is 5.75 Å². The standard InChI is InChI=1S/C15H22FNO/c1-15(8-4-5-9-15)14(17-2)12-7-6-11(18-3)10-13(12)16/h6-7,10,14,17H,4-5,8-9H2,1-3H3. The Hall–Kier alpha value is -1.09. The van der Waals surface area contributed by atoms with Crippen LogP contribution in [0.3, 0.4) is 0 Å². The highest BCUT2D eigenvalue weighted by molar-refractivity contribution is 5.32. The Bertz CT molecular complexity index is 413. The second-order valence-electron chi connectivity index (χ2n) is 5.47. The lowest BCUT2D eigenvalue weighted by molar-refractivity contribution is 0.228. The van der Waals surface area contributed by atoms with Crippen molar-refractivity contribution in [2.45, 2.75) is 38.6 Å². The number of nitrogens with one attached hydrogen (secondary N) is 1. The van der Waals surface area contributed by atoms with Crippen LogP contribution in [0.15, 0.2) is 18.2 Å². The zero-order chi connectivity index (χ0) is 13.2. The number of rotatable bonds is 4. The van der Waals surface area contributed by atoms with Gasteiger partial charge >= 0.3 is 0 Å². The van der Waals surface area contributed by atoms with Crippen molar-refractivity contribution in [3.05, 3.63) is 29.6 Å². The average molecular weight is 251 g/mol. The van der Waals surface area contributed by atoms with Gasteiger partial charge in [-0.2, -0.15) is 0 Å². The maximum atomic E-state index is 14.2. The molecular formula is C15H22FNO. The van der Waals surface area contributed by atoms with E-state index in [4.69, 9.17) is 4.74 Å². The van der Waals surface area contributed by atoms with E-state index < -0.39 is 0 Å². The molecule has 1 aromatic carbocycles. The quantitative estimate of drug-likeness (QED) is 0.881. The number of methoxy groups -OCH3 is 1. The Morgan fingerprint density at radius 2 is 2.00 bits per heavy atom. The van der Waals surface area contributed by atoms with Crippen molar-refractivity contribution >= 4 is 0 Å². The highest BCUT2D eigenvalue weighted by Gasteiger charge is 2.38. The zero-order valence-corrected chi connectivity index (χ0v) is 11.4. The molecule has 0 saturated heterocycles. The van der Waals surface area contributed by atoms with E-state index in [2.05, 4.69) is 12.2 Å². The topological polar surface area (TPSA) is 21.3 Å². The number of ether oxygens (including phenoxy) is 1. The first-order chi connectivity index (χ1) is 8.60. The first-order valence-corrected chi connectivity index (χ1v) is 6.61. The van der Waals surface area contributed by atoms with Gasteiger partial charge in [-0.05, 0) is 31.4 Å². The predicted octanol–water partition coefficient (Wildman–Crippen LogP) is 3.68. The van der Waals surface area contributed by atoms with E-state index in [1.165, 1.54) is 18.9 Å². The third-order valence-electron chi connectivity index (χ3n) is 4.25. The monoisotopic (exact) mass is 251 g/mol. The fourth-order valence-electron chi connectivity index (χ4n) is 3.22. The molecule has 0 heterocycles. The predicted molar refractivity (Wildman–Crippen MR) is 71.3 cm³/mol. The van der Waals surface area contributed by atoms with E-state index in [-0.39, 0.29) is 17.3 Å². The summed E-state index contributed by atoms with van der Waals surface area (Å²) in [6.45, 7) is 2.25. The Morgan fingerprint density at radius 3 is 2.50 bits per heavy atom. The number of halogens is 1. The maximum absolute atomic E-state index is 14.2. The molecule has 1 unspecified atom stereocenters. The van der Waals surface area contributed by atoms with Crippen LogP contribution in [-0.2, 0) is 0 Å². The summed E-state index contributed by atoms with van der Waals surface area (Å²) in [5.74, 6) is 0.393. The normalized spacial score (nSPS) is 19.8. The number of hydrogen-bond donors (Lipinski definition) is 1. The van der Waals surface area contributed by atoms with Gasteiger partial charge in [0.2, 0.25) is 0 Å². The molecule has 1 fully saturated rings. The first-order valence-electron chi connectivity index (χ1n) is 6.61. The molecular weight excluding hydrogens is 229 g/mol. The molecule has 1 aliphatic rings. The lowest BCUT2D eigenvalue weighted by atomic mass is 9.77. The van der Waals surface area contributed by atoms with Gasteiger partial charge in [-0.3, -0.25) is 0 Å². The van der Waals surface area contributed by atoms with Crippen molar-refractivity contribution in [3.63, 3.8) is 0 Å². The largest absolute Gasteiger partial charge is 0.497 e. The average Bonchev–Trinajstić information content (AvgIpc) is 2.79. The first kappa shape index (κ1) is 13.3. The van der Waals surface area contributed by atoms with Crippen LogP contribution in [-0.4, -0.2) is 14.2 Å². The summed E-state index contributed by atoms with van der Waals surface area (Å²) in [7, 11) is 3.47. The fourth-order valence-corrected chi connectivity index (χ4v) is 3.22. The summed E-state index contributed by atoms with van der Waals surface area (Å²) < 4.78 is 19.2. The third-order valence-corrected chi connectivity index (χ3v) is 4.25. The van der Waals surface area contributed by atoms with Crippen LogP contribution >= 0.6 is 0 Å². The van der Waals surface area contributed by atoms with Gasteiger partial charge in [-0.25, -0.2) is 4.39 Å². The van der Waals surface area contributed by atoms with Gasteiger partial charge < -0.3 is 10.1 Å². The van der Waals surface area contributed by atoms with Gasteiger partial charge in [0.15, 0.2) is 0 Å². The van der Waals surface area contributed by atoms with Crippen molar-refractivity contribution in [2.75, 3.05) is 14.2 Å². The molecule has 0 spiro atoms. The van der Waals surface area contributed by atoms with Gasteiger partial charge in [-0.1, -0.05) is 25.8 Å². The van der Waals surface area contributed by atoms with E-state index in [1.54, 1.807) is 7.11 Å². The van der Waals surface area contributed by atoms with Crippen molar-refractivity contribution in [3.8, 4) is 5.75 Å². The van der Waals surface area contributed by atoms with Crippen molar-refractivity contribution in [1.82, 2.24) is 5.32 Å². The van der Waals surface area contributed by atoms with Gasteiger partial charge in [0.25, 0.3) is 0 Å². The minimum atomic E-state index is -0.179. The van der Waals surface area contributed by atoms with Gasteiger partial charge in [0.05, 0.1) is 7.11 Å². The highest BCUT2D eigenvalue weighted by atomic mass is 19.1. The van der Waals surface area contributed by atoms with E-state index >= 15 is 0 Å². The molecule has 2 rings (SSSR count). The summed E-state index contributed by atoms with van der Waals surface area (Å²) in [6, 6.07) is 5.23. The Labute approximate surface area is 109 Å². The second-order valence-corrected chi connectivity index (χ2v) is 5.47. The smallest absolute Gasteiger partial charge is 0.131 e. The van der Waals surface area contributed by atoms with Crippen LogP contribution in [0.5, 0.6) is 5.75 Å². The molecule has 0 radical (unpaired) electrons. The molecule has 2 nitrogen and oxygen atoms in total. The molecule has 1 atom stereocenters. The van der Waals surface area contributed by atoms with Gasteiger partial charge in [-0.15, -0.1) is 0 Å². The third kappa shape index (κ3) is 2.37. The van der Waals surface area contributed by atoms with Crippen molar-refractivity contribution in [1.29, 1.82) is 0 Å². The summed E-state index contributed by atoms with van der Waals surface area (Å²) in [5.41, 5.74) is 0.909. The summed E-state index contributed by atoms with van der Waals surface area (Å²) in [4.78, 5) is 0. The minimum Gasteiger partial charge on any atom is -0.497 e. The van der Waals surface area contributed by atoms with Crippen molar-refractivity contribution < 1.29 is 9.13 Å². The lowest BCUT2D eigenvalue weighted by Crippen LogP contribution is -2.32. The van der Waals surface area contributed by atoms with Gasteiger partial charge in [0.1, 0.15) is 11.6 Å². The second kappa shape index (κ2) is 5.27. The molecule has 1 aliphatic carbocycles. The Balaban J connectivity index is 2.32. The van der Waals surface area contributed by atoms with Crippen LogP contribution in [0.4, 0.5) is 4.39 Å². The van der Waals surface area contributed by atoms with Gasteiger partial charge in [0, 0.05) is 17.7 Å². The molecule has 1 saturated carbocycles. The van der Waals surface area contributed by atoms with Crippen LogP contribution in [0, 0.1) is 11.2 Å². The molecule has 0 aliphatic heterocycles. The lowest BCUT2D eigenvalue weighted by Gasteiger charge is -2.34. The van der Waals surface area contributed by atoms with E-state index in [0.717, 1.165) is 18.4 Å². The summed E-state index contributed by atoms with van der Waals surface area (Å²) >= 11 is 0. The molecule has 100 valence electrons. The molecule has 1 N–H and O–H groups in total. The summed E-state index contributed by atoms with van der Waals surface area (Å²) in [6.07, 6.45) is 4.80. The molecule has 3 heteroatoms. The van der Waals surface area contributed by atoms with Crippen LogP contribution in [0.25, 0.3) is 0 Å². The van der Waals surface area contributed by atoms with Crippen LogP contribution in [0.2, 0.25) is 0 Å². The molecule has 0 amide bonds. The molecule has 0 bridgehead atoms. The Morgan fingerprint density at radius 1 is 1.33 bits per heavy atom. The minimum absolute atomic E-state index is 0.0749. The highest BCUT2D eigenvalue weighted by Crippen LogP contribution is 2.47. The van der Waals surface area contributed by atoms with Crippen molar-refractivity contribution in [2.24, 2.45) is 5.41 Å². The van der Waals surface area contributed by atoms with E-state index in [9.17, 15) is 4.39 Å². The SMILES string of the molecule is CNC(c1ccc(OC)cc1F)C1(C)CCCC1. The fraction of sp³-hybridized carbons (Fsp3) is 0.600. The maximum Gasteiger partial charge on any atom is 0.131 e.